The van der Waals surface area contributed by atoms with Gasteiger partial charge in [-0.3, -0.25) is 4.79 Å². The van der Waals surface area contributed by atoms with E-state index in [-0.39, 0.29) is 24.1 Å². The molecule has 4 aliphatic rings. The van der Waals surface area contributed by atoms with Gasteiger partial charge in [0, 0.05) is 21.1 Å². The van der Waals surface area contributed by atoms with Gasteiger partial charge in [-0.05, 0) is 62.5 Å². The molecule has 26 heavy (non-hydrogen) atoms. The standard InChI is InChI=1S/C20H23FO4S/c1-13(2)25-26(12-4-5-18(22)23,14-6-7-15(26)9-8-14)16-10-11-17(26)20(24-3)19(16)21/h6-11,13H,4-5,12H2,1-3H3,(H,22,23). The van der Waals surface area contributed by atoms with Gasteiger partial charge >= 0.3 is 5.97 Å². The second kappa shape index (κ2) is 4.81. The number of halogens is 1. The number of aliphatic carboxylic acids is 1. The molecule has 6 heteroatoms. The van der Waals surface area contributed by atoms with Crippen molar-refractivity contribution in [2.45, 2.75) is 32.8 Å². The van der Waals surface area contributed by atoms with Crippen LogP contribution >= 0.6 is 8.58 Å². The van der Waals surface area contributed by atoms with Crippen molar-refractivity contribution in [3.05, 3.63) is 67.7 Å². The Bertz CT molecular complexity index is 923. The summed E-state index contributed by atoms with van der Waals surface area (Å²) in [5, 5.41) is 9.22. The zero-order valence-electron chi connectivity index (χ0n) is 15.1. The van der Waals surface area contributed by atoms with Crippen molar-refractivity contribution in [1.29, 1.82) is 0 Å². The van der Waals surface area contributed by atoms with Crippen LogP contribution in [0.1, 0.15) is 26.7 Å². The molecule has 0 saturated carbocycles. The van der Waals surface area contributed by atoms with Gasteiger partial charge in [0.25, 0.3) is 0 Å². The van der Waals surface area contributed by atoms with Crippen molar-refractivity contribution in [3.8, 4) is 0 Å². The Labute approximate surface area is 151 Å². The maximum atomic E-state index is 15.5. The van der Waals surface area contributed by atoms with Gasteiger partial charge in [0.2, 0.25) is 0 Å². The molecular formula is C20H23FO4S. The maximum absolute atomic E-state index is 15.5. The third kappa shape index (κ3) is 1.40. The number of allylic oxidation sites excluding steroid dienone is 7. The molecule has 1 spiro atoms. The number of carbonyl (C=O) groups is 1. The van der Waals surface area contributed by atoms with Crippen molar-refractivity contribution in [3.63, 3.8) is 0 Å². The highest BCUT2D eigenvalue weighted by Crippen LogP contribution is 3.13. The summed E-state index contributed by atoms with van der Waals surface area (Å²) in [6, 6.07) is 0. The summed E-state index contributed by atoms with van der Waals surface area (Å²) in [5.41, 5.74) is 0. The fraction of sp³-hybridized carbons (Fsp3) is 0.350. The summed E-state index contributed by atoms with van der Waals surface area (Å²) in [7, 11) is -2.56. The predicted molar refractivity (Wildman–Crippen MR) is 102 cm³/mol. The number of rotatable bonds is 7. The maximum Gasteiger partial charge on any atom is 0.303 e. The molecule has 0 amide bonds. The Morgan fingerprint density at radius 3 is 2.23 bits per heavy atom. The van der Waals surface area contributed by atoms with Gasteiger partial charge in [0.05, 0.1) is 18.1 Å². The molecule has 4 bridgehead atoms. The fourth-order valence-electron chi connectivity index (χ4n) is 5.27. The van der Waals surface area contributed by atoms with E-state index in [0.29, 0.717) is 17.1 Å². The molecule has 4 heterocycles. The SMILES string of the molecule is COC1=C2C=CC(=C1F)S21(CCCC(=O)O)(OC(C)C)C2=CC=C1C=C2. The van der Waals surface area contributed by atoms with E-state index in [9.17, 15) is 9.90 Å². The summed E-state index contributed by atoms with van der Waals surface area (Å²) >= 11 is 0. The zero-order chi connectivity index (χ0) is 18.8. The second-order valence-corrected chi connectivity index (χ2v) is 13.1. The van der Waals surface area contributed by atoms with Crippen LogP contribution in [0.25, 0.3) is 0 Å². The van der Waals surface area contributed by atoms with Crippen LogP contribution in [0, 0.1) is 0 Å². The quantitative estimate of drug-likeness (QED) is 0.674. The lowest BCUT2D eigenvalue weighted by molar-refractivity contribution is -0.137. The van der Waals surface area contributed by atoms with Gasteiger partial charge in [-0.25, -0.2) is 4.39 Å². The van der Waals surface area contributed by atoms with E-state index in [1.165, 1.54) is 7.11 Å². The van der Waals surface area contributed by atoms with Crippen molar-refractivity contribution < 1.29 is 23.2 Å². The normalized spacial score (nSPS) is 27.6. The van der Waals surface area contributed by atoms with Crippen LogP contribution in [0.5, 0.6) is 0 Å². The number of hydrogen-bond acceptors (Lipinski definition) is 3. The van der Waals surface area contributed by atoms with E-state index in [4.69, 9.17) is 8.92 Å². The van der Waals surface area contributed by atoms with E-state index < -0.39 is 14.5 Å². The third-order valence-corrected chi connectivity index (χ3v) is 14.0. The minimum absolute atomic E-state index is 0.00646. The molecule has 0 radical (unpaired) electrons. The number of hydrogen-bond donors (Lipinski definition) is 1. The first-order valence-electron chi connectivity index (χ1n) is 8.73. The molecule has 4 aliphatic heterocycles. The molecule has 0 aromatic carbocycles. The third-order valence-electron chi connectivity index (χ3n) is 5.92. The molecule has 4 nitrogen and oxygen atoms in total. The molecular weight excluding hydrogens is 355 g/mol. The first-order chi connectivity index (χ1) is 12.3. The lowest BCUT2D eigenvalue weighted by atomic mass is 10.2. The lowest BCUT2D eigenvalue weighted by Gasteiger charge is -2.75. The molecule has 0 aromatic heterocycles. The van der Waals surface area contributed by atoms with Gasteiger partial charge in [0.15, 0.2) is 11.6 Å². The fourth-order valence-corrected chi connectivity index (χ4v) is 13.9. The number of methoxy groups -OCH3 is 1. The molecule has 4 rings (SSSR count). The van der Waals surface area contributed by atoms with Crippen LogP contribution in [0.4, 0.5) is 4.39 Å². The number of carboxylic acids is 1. The summed E-state index contributed by atoms with van der Waals surface area (Å²) in [6.07, 6.45) is 11.9. The van der Waals surface area contributed by atoms with Crippen molar-refractivity contribution in [2.24, 2.45) is 0 Å². The van der Waals surface area contributed by atoms with Crippen LogP contribution in [-0.4, -0.2) is 30.0 Å². The topological polar surface area (TPSA) is 55.8 Å². The predicted octanol–water partition coefficient (Wildman–Crippen LogP) is 5.04. The van der Waals surface area contributed by atoms with Gasteiger partial charge in [-0.15, -0.1) is 8.58 Å². The molecule has 0 aliphatic carbocycles. The molecule has 0 aromatic rings. The molecule has 1 N–H and O–H groups in total. The van der Waals surface area contributed by atoms with E-state index in [1.54, 1.807) is 6.08 Å². The highest BCUT2D eigenvalue weighted by atomic mass is 32.4. The molecule has 0 atom stereocenters. The van der Waals surface area contributed by atoms with Crippen molar-refractivity contribution in [1.82, 2.24) is 0 Å². The van der Waals surface area contributed by atoms with Crippen LogP contribution in [0.15, 0.2) is 67.7 Å². The van der Waals surface area contributed by atoms with Gasteiger partial charge < -0.3 is 14.0 Å². The number of carboxylic acid groups (broad SMARTS) is 1. The van der Waals surface area contributed by atoms with E-state index >= 15 is 4.39 Å². The Balaban J connectivity index is 2.09. The smallest absolute Gasteiger partial charge is 0.303 e. The average molecular weight is 378 g/mol. The average Bonchev–Trinajstić information content (AvgIpc) is 3.18. The zero-order valence-corrected chi connectivity index (χ0v) is 15.9. The minimum Gasteiger partial charge on any atom is -0.492 e. The lowest BCUT2D eigenvalue weighted by Crippen LogP contribution is -2.42. The molecule has 140 valence electrons. The van der Waals surface area contributed by atoms with E-state index in [2.05, 4.69) is 0 Å². The van der Waals surface area contributed by atoms with Gasteiger partial charge in [0.1, 0.15) is 0 Å². The van der Waals surface area contributed by atoms with Crippen LogP contribution in [0.3, 0.4) is 0 Å². The van der Waals surface area contributed by atoms with E-state index in [0.717, 1.165) is 14.7 Å². The molecule has 0 fully saturated rings. The summed E-state index contributed by atoms with van der Waals surface area (Å²) in [4.78, 5) is 14.4. The van der Waals surface area contributed by atoms with Crippen LogP contribution < -0.4 is 0 Å². The first kappa shape index (κ1) is 17.4. The Hall–Kier alpha value is -2.05. The molecule has 0 unspecified atom stereocenters. The Morgan fingerprint density at radius 2 is 1.77 bits per heavy atom. The summed E-state index contributed by atoms with van der Waals surface area (Å²) < 4.78 is 27.9. The van der Waals surface area contributed by atoms with Gasteiger partial charge in [-0.2, -0.15) is 0 Å². The monoisotopic (exact) mass is 378 g/mol. The Kier molecular flexibility index (Phi) is 3.21. The van der Waals surface area contributed by atoms with Crippen molar-refractivity contribution in [2.75, 3.05) is 12.9 Å². The van der Waals surface area contributed by atoms with Crippen LogP contribution in [0.2, 0.25) is 0 Å². The minimum atomic E-state index is -4.02. The highest BCUT2D eigenvalue weighted by molar-refractivity contribution is 8.72. The van der Waals surface area contributed by atoms with Crippen LogP contribution in [-0.2, 0) is 13.7 Å². The van der Waals surface area contributed by atoms with Crippen molar-refractivity contribution >= 4 is 14.5 Å². The second-order valence-electron chi connectivity index (χ2n) is 7.37. The largest absolute Gasteiger partial charge is 0.492 e. The van der Waals surface area contributed by atoms with E-state index in [1.807, 2.05) is 44.2 Å². The Morgan fingerprint density at radius 1 is 1.15 bits per heavy atom. The summed E-state index contributed by atoms with van der Waals surface area (Å²) in [6.45, 7) is 3.89. The summed E-state index contributed by atoms with van der Waals surface area (Å²) in [5.74, 6) is -0.600. The first-order valence-corrected chi connectivity index (χ1v) is 11.3. The number of ether oxygens (including phenoxy) is 1. The highest BCUT2D eigenvalue weighted by Gasteiger charge is 2.78. The van der Waals surface area contributed by atoms with Gasteiger partial charge in [-0.1, -0.05) is 0 Å². The molecule has 0 saturated heterocycles.